The maximum Gasteiger partial charge on any atom is 0.395 e. The smallest absolute Gasteiger partial charge is 0.395 e. The van der Waals surface area contributed by atoms with E-state index in [1.807, 2.05) is 4.98 Å². The zero-order chi connectivity index (χ0) is 9.14. The molecule has 6 heteroatoms. The summed E-state index contributed by atoms with van der Waals surface area (Å²) in [5, 5.41) is 8.71. The van der Waals surface area contributed by atoms with Gasteiger partial charge in [-0.3, -0.25) is 4.79 Å². The highest BCUT2D eigenvalue weighted by molar-refractivity contribution is 5.86. The number of hydrogen-bond donors (Lipinski definition) is 2. The molecule has 0 unspecified atom stereocenters. The molecule has 0 aromatic carbocycles. The molecule has 5 nitrogen and oxygen atoms in total. The van der Waals surface area contributed by atoms with Crippen LogP contribution in [-0.2, 0) is 4.94 Å². The number of aromatic nitrogens is 1. The summed E-state index contributed by atoms with van der Waals surface area (Å²) in [4.78, 5) is 25.8. The number of aromatic amines is 1. The largest absolute Gasteiger partial charge is 0.503 e. The lowest BCUT2D eigenvalue weighted by atomic mass is 10.3. The molecular weight excluding hydrogens is 169 g/mol. The van der Waals surface area contributed by atoms with Gasteiger partial charge in [0.1, 0.15) is 5.69 Å². The molecule has 0 fully saturated rings. The number of aromatic hydroxyl groups is 1. The Morgan fingerprint density at radius 2 is 2.25 bits per heavy atom. The summed E-state index contributed by atoms with van der Waals surface area (Å²) < 4.78 is 11.3. The van der Waals surface area contributed by atoms with Gasteiger partial charge in [-0.25, -0.2) is 9.74 Å². The van der Waals surface area contributed by atoms with E-state index in [0.29, 0.717) is 0 Å². The van der Waals surface area contributed by atoms with E-state index in [4.69, 9.17) is 5.11 Å². The van der Waals surface area contributed by atoms with E-state index in [-0.39, 0.29) is 5.69 Å². The fourth-order valence-electron chi connectivity index (χ4n) is 0.627. The van der Waals surface area contributed by atoms with Crippen LogP contribution >= 0.6 is 0 Å². The van der Waals surface area contributed by atoms with Crippen molar-refractivity contribution in [3.8, 4) is 5.75 Å². The maximum atomic E-state index is 11.3. The molecule has 0 aliphatic heterocycles. The van der Waals surface area contributed by atoms with Crippen LogP contribution in [0.2, 0.25) is 0 Å². The molecular formula is C6H4FNO4. The van der Waals surface area contributed by atoms with Crippen LogP contribution in [0.1, 0.15) is 10.5 Å². The van der Waals surface area contributed by atoms with Gasteiger partial charge in [-0.1, -0.05) is 0 Å². The molecule has 0 radical (unpaired) electrons. The van der Waals surface area contributed by atoms with Crippen LogP contribution < -0.4 is 5.56 Å². The summed E-state index contributed by atoms with van der Waals surface area (Å²) >= 11 is 0. The average Bonchev–Trinajstić information content (AvgIpc) is 2.08. The molecule has 0 spiro atoms. The molecule has 64 valence electrons. The lowest BCUT2D eigenvalue weighted by molar-refractivity contribution is -0.0793. The predicted molar refractivity (Wildman–Crippen MR) is 35.3 cm³/mol. The normalized spacial score (nSPS) is 9.42. The third kappa shape index (κ3) is 1.42. The molecule has 1 heterocycles. The standard InChI is InChI=1S/C6H4FNO4/c7-12-6(11)3-1-2-4(9)5(10)8-3/h1-2,9H,(H,8,10). The quantitative estimate of drug-likeness (QED) is 0.632. The Kier molecular flexibility index (Phi) is 2.09. The molecule has 0 saturated carbocycles. The first kappa shape index (κ1) is 8.25. The Morgan fingerprint density at radius 3 is 2.75 bits per heavy atom. The van der Waals surface area contributed by atoms with Crippen LogP contribution in [-0.4, -0.2) is 16.1 Å². The van der Waals surface area contributed by atoms with E-state index < -0.39 is 17.3 Å². The van der Waals surface area contributed by atoms with Crippen molar-refractivity contribution in [2.75, 3.05) is 0 Å². The molecule has 0 aliphatic carbocycles. The topological polar surface area (TPSA) is 79.4 Å². The molecule has 12 heavy (non-hydrogen) atoms. The fourth-order valence-corrected chi connectivity index (χ4v) is 0.627. The molecule has 0 saturated heterocycles. The first-order chi connectivity index (χ1) is 5.65. The second-order valence-corrected chi connectivity index (χ2v) is 1.95. The van der Waals surface area contributed by atoms with Crippen molar-refractivity contribution in [1.82, 2.24) is 4.98 Å². The Balaban J connectivity index is 3.13. The number of halogens is 1. The van der Waals surface area contributed by atoms with Gasteiger partial charge in [0.2, 0.25) is 0 Å². The summed E-state index contributed by atoms with van der Waals surface area (Å²) in [7, 11) is 0. The van der Waals surface area contributed by atoms with Crippen molar-refractivity contribution in [1.29, 1.82) is 0 Å². The minimum Gasteiger partial charge on any atom is -0.503 e. The van der Waals surface area contributed by atoms with Crippen molar-refractivity contribution in [3.63, 3.8) is 0 Å². The number of H-pyrrole nitrogens is 1. The molecule has 0 bridgehead atoms. The Morgan fingerprint density at radius 1 is 1.58 bits per heavy atom. The summed E-state index contributed by atoms with van der Waals surface area (Å²) in [5.41, 5.74) is -1.24. The minimum atomic E-state index is -1.31. The number of pyridine rings is 1. The highest BCUT2D eigenvalue weighted by atomic mass is 19.3. The van der Waals surface area contributed by atoms with Crippen LogP contribution in [0.3, 0.4) is 0 Å². The SMILES string of the molecule is O=C(OF)c1ccc(O)c(=O)[nH]1. The van der Waals surface area contributed by atoms with Crippen LogP contribution in [0.15, 0.2) is 16.9 Å². The first-order valence-electron chi connectivity index (χ1n) is 2.90. The van der Waals surface area contributed by atoms with E-state index in [9.17, 15) is 14.1 Å². The molecule has 0 amide bonds. The van der Waals surface area contributed by atoms with E-state index in [1.54, 1.807) is 0 Å². The third-order valence-electron chi connectivity index (χ3n) is 1.18. The van der Waals surface area contributed by atoms with Gasteiger partial charge in [0.15, 0.2) is 5.75 Å². The van der Waals surface area contributed by atoms with Crippen LogP contribution in [0.4, 0.5) is 4.53 Å². The van der Waals surface area contributed by atoms with Crippen LogP contribution in [0.5, 0.6) is 5.75 Å². The number of hydrogen-bond acceptors (Lipinski definition) is 4. The monoisotopic (exact) mass is 173 g/mol. The minimum absolute atomic E-state index is 0.361. The summed E-state index contributed by atoms with van der Waals surface area (Å²) in [6.07, 6.45) is 0. The predicted octanol–water partition coefficient (Wildman–Crippen LogP) is 0.122. The fraction of sp³-hybridized carbons (Fsp3) is 0. The van der Waals surface area contributed by atoms with Crippen molar-refractivity contribution >= 4 is 5.97 Å². The van der Waals surface area contributed by atoms with Crippen molar-refractivity contribution in [3.05, 3.63) is 28.2 Å². The summed E-state index contributed by atoms with van der Waals surface area (Å²) in [6.45, 7) is 0. The lowest BCUT2D eigenvalue weighted by Gasteiger charge is -1.94. The van der Waals surface area contributed by atoms with Gasteiger partial charge in [0, 0.05) is 4.53 Å². The number of rotatable bonds is 1. The van der Waals surface area contributed by atoms with Gasteiger partial charge < -0.3 is 10.1 Å². The Bertz CT molecular complexity index is 359. The van der Waals surface area contributed by atoms with Crippen LogP contribution in [0.25, 0.3) is 0 Å². The zero-order valence-corrected chi connectivity index (χ0v) is 5.70. The first-order valence-corrected chi connectivity index (χ1v) is 2.90. The van der Waals surface area contributed by atoms with Gasteiger partial charge in [-0.05, 0) is 12.1 Å². The zero-order valence-electron chi connectivity index (χ0n) is 5.70. The van der Waals surface area contributed by atoms with Gasteiger partial charge in [0.25, 0.3) is 5.56 Å². The van der Waals surface area contributed by atoms with Gasteiger partial charge in [0.05, 0.1) is 0 Å². The average molecular weight is 173 g/mol. The third-order valence-corrected chi connectivity index (χ3v) is 1.18. The summed E-state index contributed by atoms with van der Waals surface area (Å²) in [5.74, 6) is -1.86. The highest BCUT2D eigenvalue weighted by Gasteiger charge is 2.09. The maximum absolute atomic E-state index is 11.3. The number of carbonyl (C=O) groups excluding carboxylic acids is 1. The molecule has 0 aliphatic rings. The molecule has 1 aromatic rings. The van der Waals surface area contributed by atoms with Crippen molar-refractivity contribution < 1.29 is 19.4 Å². The Hall–Kier alpha value is -1.85. The second-order valence-electron chi connectivity index (χ2n) is 1.95. The van der Waals surface area contributed by atoms with Gasteiger partial charge in [-0.15, -0.1) is 0 Å². The van der Waals surface area contributed by atoms with Crippen molar-refractivity contribution in [2.45, 2.75) is 0 Å². The van der Waals surface area contributed by atoms with Crippen LogP contribution in [0, 0.1) is 0 Å². The highest BCUT2D eigenvalue weighted by Crippen LogP contribution is 2.01. The van der Waals surface area contributed by atoms with Gasteiger partial charge in [-0.2, -0.15) is 0 Å². The molecule has 1 rings (SSSR count). The summed E-state index contributed by atoms with van der Waals surface area (Å²) in [6, 6.07) is 1.99. The molecule has 1 aromatic heterocycles. The van der Waals surface area contributed by atoms with Gasteiger partial charge >= 0.3 is 5.97 Å². The van der Waals surface area contributed by atoms with E-state index in [0.717, 1.165) is 12.1 Å². The van der Waals surface area contributed by atoms with E-state index in [2.05, 4.69) is 4.94 Å². The van der Waals surface area contributed by atoms with E-state index >= 15 is 0 Å². The Labute approximate surface area is 65.3 Å². The van der Waals surface area contributed by atoms with Crippen molar-refractivity contribution in [2.24, 2.45) is 0 Å². The van der Waals surface area contributed by atoms with E-state index in [1.165, 1.54) is 0 Å². The number of nitrogens with one attached hydrogen (secondary N) is 1. The second kappa shape index (κ2) is 3.04. The molecule has 2 N–H and O–H groups in total. The molecule has 0 atom stereocenters. The number of carbonyl (C=O) groups is 1. The lowest BCUT2D eigenvalue weighted by Crippen LogP contribution is -2.12.